The molecule has 1 aromatic carbocycles. The molecule has 2 nitrogen and oxygen atoms in total. The van der Waals surface area contributed by atoms with Crippen molar-refractivity contribution in [2.45, 2.75) is 26.0 Å². The first-order valence-corrected chi connectivity index (χ1v) is 5.23. The summed E-state index contributed by atoms with van der Waals surface area (Å²) in [6.45, 7) is 4.44. The molecule has 1 fully saturated rings. The Labute approximate surface area is 85.5 Å². The molecule has 1 aromatic rings. The highest BCUT2D eigenvalue weighted by atomic mass is 16.5. The number of hydrogen-bond donors (Lipinski definition) is 0. The van der Waals surface area contributed by atoms with Gasteiger partial charge < -0.3 is 4.74 Å². The van der Waals surface area contributed by atoms with E-state index in [1.807, 2.05) is 24.3 Å². The van der Waals surface area contributed by atoms with Crippen LogP contribution >= 0.6 is 0 Å². The van der Waals surface area contributed by atoms with Gasteiger partial charge in [0.25, 0.3) is 0 Å². The zero-order chi connectivity index (χ0) is 9.80. The van der Waals surface area contributed by atoms with Crippen LogP contribution in [0.25, 0.3) is 0 Å². The van der Waals surface area contributed by atoms with Crippen LogP contribution in [0.5, 0.6) is 5.75 Å². The van der Waals surface area contributed by atoms with Gasteiger partial charge in [0.2, 0.25) is 0 Å². The molecular weight excluding hydrogens is 174 g/mol. The van der Waals surface area contributed by atoms with Crippen LogP contribution in [-0.2, 0) is 0 Å². The Hall–Kier alpha value is -1.02. The summed E-state index contributed by atoms with van der Waals surface area (Å²) in [5.74, 6) is 0.909. The van der Waals surface area contributed by atoms with Gasteiger partial charge in [-0.15, -0.1) is 0 Å². The van der Waals surface area contributed by atoms with Gasteiger partial charge in [-0.1, -0.05) is 12.1 Å². The Kier molecular flexibility index (Phi) is 3.04. The number of likely N-dealkylation sites (tertiary alicyclic amines) is 1. The molecular formula is C12H16NO. The highest BCUT2D eigenvalue weighted by Crippen LogP contribution is 2.16. The molecule has 0 aromatic heterocycles. The average Bonchev–Trinajstić information content (AvgIpc) is 2.72. The molecule has 1 atom stereocenters. The predicted molar refractivity (Wildman–Crippen MR) is 56.2 cm³/mol. The van der Waals surface area contributed by atoms with E-state index in [2.05, 4.69) is 17.9 Å². The fraction of sp³-hybridized carbons (Fsp3) is 0.500. The molecule has 1 aliphatic rings. The smallest absolute Gasteiger partial charge is 0.149 e. The van der Waals surface area contributed by atoms with Crippen LogP contribution in [0.2, 0.25) is 0 Å². The highest BCUT2D eigenvalue weighted by Gasteiger charge is 2.18. The Bertz CT molecular complexity index is 267. The maximum Gasteiger partial charge on any atom is 0.149 e. The first-order valence-electron chi connectivity index (χ1n) is 5.23. The van der Waals surface area contributed by atoms with E-state index in [0.29, 0.717) is 0 Å². The number of rotatable bonds is 3. The molecule has 0 amide bonds. The van der Waals surface area contributed by atoms with E-state index in [9.17, 15) is 0 Å². The lowest BCUT2D eigenvalue weighted by Gasteiger charge is -2.24. The Morgan fingerprint density at radius 2 is 2.21 bits per heavy atom. The first-order chi connectivity index (χ1) is 6.86. The van der Waals surface area contributed by atoms with Gasteiger partial charge in [-0.3, -0.25) is 4.90 Å². The van der Waals surface area contributed by atoms with Gasteiger partial charge in [0.05, 0.1) is 0 Å². The summed E-state index contributed by atoms with van der Waals surface area (Å²) in [4.78, 5) is 2.37. The minimum Gasteiger partial charge on any atom is -0.475 e. The molecule has 1 unspecified atom stereocenters. The number of benzene rings is 1. The van der Waals surface area contributed by atoms with Crippen LogP contribution in [0.4, 0.5) is 0 Å². The summed E-state index contributed by atoms with van der Waals surface area (Å²) < 4.78 is 5.79. The van der Waals surface area contributed by atoms with E-state index in [-0.39, 0.29) is 6.23 Å². The zero-order valence-electron chi connectivity index (χ0n) is 8.57. The van der Waals surface area contributed by atoms with Crippen molar-refractivity contribution in [1.82, 2.24) is 4.90 Å². The molecule has 0 saturated carbocycles. The molecule has 0 aliphatic carbocycles. The lowest BCUT2D eigenvalue weighted by atomic mass is 10.3. The molecule has 0 N–H and O–H groups in total. The van der Waals surface area contributed by atoms with E-state index in [4.69, 9.17) is 4.74 Å². The number of nitrogens with zero attached hydrogens (tertiary/aromatic N) is 1. The molecule has 2 heteroatoms. The third-order valence-electron chi connectivity index (χ3n) is 2.64. The van der Waals surface area contributed by atoms with E-state index in [0.717, 1.165) is 18.8 Å². The zero-order valence-corrected chi connectivity index (χ0v) is 8.57. The van der Waals surface area contributed by atoms with Crippen molar-refractivity contribution in [2.24, 2.45) is 0 Å². The van der Waals surface area contributed by atoms with E-state index in [1.165, 1.54) is 12.8 Å². The summed E-state index contributed by atoms with van der Waals surface area (Å²) in [6.07, 6.45) is 2.79. The molecule has 1 aliphatic heterocycles. The number of ether oxygens (including phenoxy) is 1. The molecule has 1 heterocycles. The second-order valence-electron chi connectivity index (χ2n) is 3.70. The van der Waals surface area contributed by atoms with Crippen molar-refractivity contribution in [3.05, 3.63) is 30.3 Å². The van der Waals surface area contributed by atoms with Crippen LogP contribution in [0.3, 0.4) is 0 Å². The average molecular weight is 190 g/mol. The normalized spacial score (nSPS) is 19.5. The SMILES string of the molecule is CC(Oc1c[c]ccc1)N1CCCC1. The molecule has 1 radical (unpaired) electrons. The van der Waals surface area contributed by atoms with Crippen molar-refractivity contribution in [1.29, 1.82) is 0 Å². The lowest BCUT2D eigenvalue weighted by Crippen LogP contribution is -2.34. The van der Waals surface area contributed by atoms with Crippen molar-refractivity contribution in [2.75, 3.05) is 13.1 Å². The molecule has 14 heavy (non-hydrogen) atoms. The van der Waals surface area contributed by atoms with Gasteiger partial charge in [0, 0.05) is 13.1 Å². The second kappa shape index (κ2) is 4.47. The Morgan fingerprint density at radius 1 is 1.43 bits per heavy atom. The minimum atomic E-state index is 0.188. The quantitative estimate of drug-likeness (QED) is 0.725. The molecule has 0 bridgehead atoms. The molecule has 75 valence electrons. The summed E-state index contributed by atoms with van der Waals surface area (Å²) >= 11 is 0. The topological polar surface area (TPSA) is 12.5 Å². The van der Waals surface area contributed by atoms with Crippen molar-refractivity contribution in [3.8, 4) is 5.75 Å². The van der Waals surface area contributed by atoms with Gasteiger partial charge in [-0.2, -0.15) is 0 Å². The van der Waals surface area contributed by atoms with E-state index in [1.54, 1.807) is 0 Å². The maximum atomic E-state index is 5.79. The van der Waals surface area contributed by atoms with E-state index >= 15 is 0 Å². The molecule has 1 saturated heterocycles. The van der Waals surface area contributed by atoms with Crippen molar-refractivity contribution >= 4 is 0 Å². The predicted octanol–water partition coefficient (Wildman–Crippen LogP) is 2.31. The van der Waals surface area contributed by atoms with Gasteiger partial charge in [0.15, 0.2) is 0 Å². The monoisotopic (exact) mass is 190 g/mol. The van der Waals surface area contributed by atoms with Crippen LogP contribution in [0.1, 0.15) is 19.8 Å². The Balaban J connectivity index is 1.90. The fourth-order valence-corrected chi connectivity index (χ4v) is 1.83. The highest BCUT2D eigenvalue weighted by molar-refractivity contribution is 5.20. The van der Waals surface area contributed by atoms with Crippen molar-refractivity contribution < 1.29 is 4.74 Å². The van der Waals surface area contributed by atoms with Crippen LogP contribution in [0, 0.1) is 6.07 Å². The Morgan fingerprint density at radius 3 is 2.86 bits per heavy atom. The third kappa shape index (κ3) is 2.26. The van der Waals surface area contributed by atoms with Gasteiger partial charge in [0.1, 0.15) is 12.0 Å². The van der Waals surface area contributed by atoms with Crippen LogP contribution in [-0.4, -0.2) is 24.2 Å². The van der Waals surface area contributed by atoms with Gasteiger partial charge >= 0.3 is 0 Å². The second-order valence-corrected chi connectivity index (χ2v) is 3.70. The van der Waals surface area contributed by atoms with Crippen LogP contribution in [0.15, 0.2) is 24.3 Å². The molecule has 2 rings (SSSR count). The van der Waals surface area contributed by atoms with Crippen molar-refractivity contribution in [3.63, 3.8) is 0 Å². The fourth-order valence-electron chi connectivity index (χ4n) is 1.83. The van der Waals surface area contributed by atoms with E-state index < -0.39 is 0 Å². The lowest BCUT2D eigenvalue weighted by molar-refractivity contribution is 0.0592. The summed E-state index contributed by atoms with van der Waals surface area (Å²) in [6, 6.07) is 10.7. The number of hydrogen-bond acceptors (Lipinski definition) is 2. The summed E-state index contributed by atoms with van der Waals surface area (Å²) in [7, 11) is 0. The third-order valence-corrected chi connectivity index (χ3v) is 2.64. The first kappa shape index (κ1) is 9.53. The van der Waals surface area contributed by atoms with Gasteiger partial charge in [-0.05, 0) is 38.0 Å². The maximum absolute atomic E-state index is 5.79. The largest absolute Gasteiger partial charge is 0.475 e. The van der Waals surface area contributed by atoms with Gasteiger partial charge in [-0.25, -0.2) is 0 Å². The molecule has 0 spiro atoms. The minimum absolute atomic E-state index is 0.188. The summed E-state index contributed by atoms with van der Waals surface area (Å²) in [5.41, 5.74) is 0. The van der Waals surface area contributed by atoms with Crippen LogP contribution < -0.4 is 4.74 Å². The summed E-state index contributed by atoms with van der Waals surface area (Å²) in [5, 5.41) is 0. The standard InChI is InChI=1S/C12H16NO/c1-11(13-9-5-6-10-13)14-12-7-3-2-4-8-12/h2-3,7-8,11H,5-6,9-10H2,1H3.